The fourth-order valence-corrected chi connectivity index (χ4v) is 12.2. The van der Waals surface area contributed by atoms with Gasteiger partial charge in [0.2, 0.25) is 23.6 Å². The number of nitrogens with one attached hydrogen (secondary N) is 4. The Labute approximate surface area is 633 Å². The van der Waals surface area contributed by atoms with E-state index in [2.05, 4.69) is 62.8 Å². The zero-order chi connectivity index (χ0) is 76.0. The van der Waals surface area contributed by atoms with Gasteiger partial charge >= 0.3 is 0 Å². The minimum absolute atomic E-state index is 0.167. The van der Waals surface area contributed by atoms with Crippen LogP contribution >= 0.6 is 0 Å². The summed E-state index contributed by atoms with van der Waals surface area (Å²) in [5.41, 5.74) is 2.11. The van der Waals surface area contributed by atoms with Gasteiger partial charge < -0.3 is 49.7 Å². The smallest absolute Gasteiger partial charge is 0.241 e. The van der Waals surface area contributed by atoms with Gasteiger partial charge in [0.25, 0.3) is 0 Å². The number of unbranched alkanes of at least 4 members (excludes halogenated alkanes) is 30. The van der Waals surface area contributed by atoms with Gasteiger partial charge in [0, 0.05) is 50.4 Å². The second-order valence-corrected chi connectivity index (χ2v) is 29.4. The van der Waals surface area contributed by atoms with Crippen LogP contribution in [0.4, 0.5) is 22.7 Å². The highest BCUT2D eigenvalue weighted by Gasteiger charge is 2.28. The van der Waals surface area contributed by atoms with Crippen LogP contribution in [0.5, 0.6) is 34.5 Å². The Morgan fingerprint density at radius 2 is 0.462 bits per heavy atom. The molecule has 4 atom stereocenters. The SMILES string of the molecule is CCCCCCCCOc1ccc(OCCCCCCCC)c(NC(=O)[C@H](C)N(C)CCN(C)[C@@H](C)C(=O)Nc2cc(OCCCCCCCC)c(NC(=O)[C@H](C)N(C)CCN(C)[C@@H](C)C(=O)Nc3cc(OCCCCCCCC)ccc3OCCCCCCCC)cc2OCCCCCCCC)c1. The molecule has 0 aromatic heterocycles. The van der Waals surface area contributed by atoms with Gasteiger partial charge in [-0.2, -0.15) is 0 Å². The van der Waals surface area contributed by atoms with Crippen molar-refractivity contribution in [3.05, 3.63) is 48.5 Å². The first-order chi connectivity index (χ1) is 50.4. The first kappa shape index (κ1) is 92.4. The summed E-state index contributed by atoms with van der Waals surface area (Å²) >= 11 is 0. The van der Waals surface area contributed by atoms with Crippen LogP contribution in [-0.2, 0) is 19.2 Å². The fourth-order valence-electron chi connectivity index (χ4n) is 12.2. The average Bonchev–Trinajstić information content (AvgIpc) is 0.828. The molecule has 0 aliphatic rings. The second kappa shape index (κ2) is 58.3. The van der Waals surface area contributed by atoms with Crippen molar-refractivity contribution in [2.75, 3.05) is 115 Å². The van der Waals surface area contributed by atoms with E-state index in [1.54, 1.807) is 12.1 Å². The maximum atomic E-state index is 14.5. The van der Waals surface area contributed by atoms with Gasteiger partial charge in [-0.3, -0.25) is 38.8 Å². The number of anilines is 4. The molecule has 4 N–H and O–H groups in total. The molecule has 3 aromatic carbocycles. The van der Waals surface area contributed by atoms with E-state index in [-0.39, 0.29) is 23.6 Å². The number of hydrogen-bond donors (Lipinski definition) is 4. The van der Waals surface area contributed by atoms with E-state index in [9.17, 15) is 19.2 Å². The Kier molecular flexibility index (Phi) is 51.8. The molecule has 3 aromatic rings. The predicted octanol–water partition coefficient (Wildman–Crippen LogP) is 20.6. The van der Waals surface area contributed by atoms with Crippen molar-refractivity contribution in [3.8, 4) is 34.5 Å². The standard InChI is InChI=1S/C86H150N8O10/c1-15-21-27-33-39-45-59-99-73-51-53-79(101-61-47-41-35-29-23-17-3)75(65-73)87-83(95)69(7)91(11)55-57-93(13)71(9)85(97)89-77-67-82(104-64-50-44-38-32-26-20-6)78(68-81(77)103-63-49-43-37-31-25-19-5)90-86(98)72(10)94(14)58-56-92(12)70(8)84(96)88-76-66-74(100-60-46-40-34-28-22-16-2)52-54-80(76)102-62-48-42-36-30-24-18-4/h51-54,65-72H,15-50,55-64H2,1-14H3,(H,87,95)(H,88,96)(H,89,97)(H,90,98)/t69-,70-,71-,72-/m0/s1. The molecule has 0 heterocycles. The maximum absolute atomic E-state index is 14.5. The molecular weight excluding hydrogens is 1300 g/mol. The van der Waals surface area contributed by atoms with Gasteiger partial charge in [-0.25, -0.2) is 0 Å². The Hall–Kier alpha value is -5.82. The van der Waals surface area contributed by atoms with Crippen molar-refractivity contribution in [1.29, 1.82) is 0 Å². The minimum Gasteiger partial charge on any atom is -0.494 e. The van der Waals surface area contributed by atoms with Gasteiger partial charge in [-0.1, -0.05) is 234 Å². The lowest BCUT2D eigenvalue weighted by molar-refractivity contribution is -0.122. The van der Waals surface area contributed by atoms with Crippen molar-refractivity contribution in [2.24, 2.45) is 0 Å². The van der Waals surface area contributed by atoms with Crippen molar-refractivity contribution in [1.82, 2.24) is 19.6 Å². The Bertz CT molecular complexity index is 2550. The van der Waals surface area contributed by atoms with Gasteiger partial charge in [-0.15, -0.1) is 0 Å². The zero-order valence-corrected chi connectivity index (χ0v) is 68.3. The quantitative estimate of drug-likeness (QED) is 0.0391. The molecule has 0 aliphatic heterocycles. The normalized spacial score (nSPS) is 12.7. The molecule has 0 unspecified atom stereocenters. The van der Waals surface area contributed by atoms with E-state index in [0.717, 1.165) is 103 Å². The molecule has 0 aliphatic carbocycles. The number of nitrogens with zero attached hydrogens (tertiary/aromatic N) is 4. The molecule has 0 saturated carbocycles. The number of hydrogen-bond acceptors (Lipinski definition) is 14. The summed E-state index contributed by atoms with van der Waals surface area (Å²) in [5, 5.41) is 12.8. The van der Waals surface area contributed by atoms with E-state index < -0.39 is 24.2 Å². The topological polar surface area (TPSA) is 185 Å². The number of carbonyl (C=O) groups is 4. The van der Waals surface area contributed by atoms with Crippen molar-refractivity contribution in [2.45, 2.75) is 325 Å². The molecule has 18 nitrogen and oxygen atoms in total. The van der Waals surface area contributed by atoms with E-state index in [4.69, 9.17) is 28.4 Å². The third kappa shape index (κ3) is 39.7. The predicted molar refractivity (Wildman–Crippen MR) is 435 cm³/mol. The second-order valence-electron chi connectivity index (χ2n) is 29.4. The molecule has 0 fully saturated rings. The van der Waals surface area contributed by atoms with E-state index in [0.29, 0.717) is 123 Å². The fraction of sp³-hybridized carbons (Fsp3) is 0.744. The van der Waals surface area contributed by atoms with Crippen LogP contribution in [0.2, 0.25) is 0 Å². The van der Waals surface area contributed by atoms with Crippen molar-refractivity contribution < 1.29 is 47.6 Å². The first-order valence-electron chi connectivity index (χ1n) is 41.7. The third-order valence-corrected chi connectivity index (χ3v) is 20.3. The van der Waals surface area contributed by atoms with Gasteiger partial charge in [0.05, 0.1) is 86.6 Å². The molecule has 0 bridgehead atoms. The molecule has 594 valence electrons. The highest BCUT2D eigenvalue weighted by Crippen LogP contribution is 2.39. The van der Waals surface area contributed by atoms with Crippen molar-refractivity contribution in [3.63, 3.8) is 0 Å². The summed E-state index contributed by atoms with van der Waals surface area (Å²) < 4.78 is 38.2. The summed E-state index contributed by atoms with van der Waals surface area (Å²) in [7, 11) is 7.69. The lowest BCUT2D eigenvalue weighted by Gasteiger charge is -2.29. The molecule has 4 amide bonds. The Morgan fingerprint density at radius 3 is 0.692 bits per heavy atom. The molecule has 3 rings (SSSR count). The summed E-state index contributed by atoms with van der Waals surface area (Å²) in [6.45, 7) is 26.1. The third-order valence-electron chi connectivity index (χ3n) is 20.3. The lowest BCUT2D eigenvalue weighted by Crippen LogP contribution is -2.46. The average molecular weight is 1460 g/mol. The Balaban J connectivity index is 1.80. The van der Waals surface area contributed by atoms with E-state index >= 15 is 0 Å². The summed E-state index contributed by atoms with van der Waals surface area (Å²) in [6, 6.07) is 12.9. The van der Waals surface area contributed by atoms with Crippen molar-refractivity contribution >= 4 is 46.4 Å². The minimum atomic E-state index is -0.576. The number of rotatable bonds is 66. The summed E-state index contributed by atoms with van der Waals surface area (Å²) in [5.74, 6) is 2.73. The number of likely N-dealkylation sites (N-methyl/N-ethyl adjacent to an activating group) is 4. The van der Waals surface area contributed by atoms with Crippen LogP contribution in [0.1, 0.15) is 300 Å². The van der Waals surface area contributed by atoms with Gasteiger partial charge in [0.1, 0.15) is 34.5 Å². The molecule has 18 heteroatoms. The van der Waals surface area contributed by atoms with Gasteiger partial charge in [-0.05, 0) is 119 Å². The molecule has 0 radical (unpaired) electrons. The molecule has 104 heavy (non-hydrogen) atoms. The summed E-state index contributed by atoms with van der Waals surface area (Å²) in [6.07, 6.45) is 40.9. The highest BCUT2D eigenvalue weighted by atomic mass is 16.5. The van der Waals surface area contributed by atoms with Crippen LogP contribution in [-0.4, -0.2) is 161 Å². The monoisotopic (exact) mass is 1460 g/mol. The number of benzene rings is 3. The number of ether oxygens (including phenoxy) is 6. The molecule has 0 saturated heterocycles. The highest BCUT2D eigenvalue weighted by molar-refractivity contribution is 6.00. The van der Waals surface area contributed by atoms with E-state index in [1.807, 2.05) is 112 Å². The number of carbonyl (C=O) groups excluding carboxylic acids is 4. The first-order valence-corrected chi connectivity index (χ1v) is 41.7. The molecular formula is C86H150N8O10. The maximum Gasteiger partial charge on any atom is 0.241 e. The van der Waals surface area contributed by atoms with Crippen LogP contribution in [0.25, 0.3) is 0 Å². The lowest BCUT2D eigenvalue weighted by atomic mass is 10.1. The zero-order valence-electron chi connectivity index (χ0n) is 68.3. The van der Waals surface area contributed by atoms with Crippen LogP contribution < -0.4 is 49.7 Å². The Morgan fingerprint density at radius 1 is 0.269 bits per heavy atom. The van der Waals surface area contributed by atoms with E-state index in [1.165, 1.54) is 128 Å². The number of amides is 4. The van der Waals surface area contributed by atoms with Crippen LogP contribution in [0.3, 0.4) is 0 Å². The van der Waals surface area contributed by atoms with Crippen LogP contribution in [0.15, 0.2) is 48.5 Å². The van der Waals surface area contributed by atoms with Gasteiger partial charge in [0.15, 0.2) is 0 Å². The largest absolute Gasteiger partial charge is 0.494 e. The molecule has 0 spiro atoms. The van der Waals surface area contributed by atoms with Crippen LogP contribution in [0, 0.1) is 0 Å². The summed E-state index contributed by atoms with van der Waals surface area (Å²) in [4.78, 5) is 65.2.